The van der Waals surface area contributed by atoms with Crippen LogP contribution in [0.1, 0.15) is 23.8 Å². The second-order valence-electron chi connectivity index (χ2n) is 4.57. The van der Waals surface area contributed by atoms with E-state index < -0.39 is 0 Å². The van der Waals surface area contributed by atoms with Crippen LogP contribution in [0.2, 0.25) is 0 Å². The fourth-order valence-corrected chi connectivity index (χ4v) is 2.25. The van der Waals surface area contributed by atoms with Crippen molar-refractivity contribution in [2.75, 3.05) is 26.2 Å². The van der Waals surface area contributed by atoms with Gasteiger partial charge in [-0.3, -0.25) is 4.79 Å². The molecule has 100 valence electrons. The summed E-state index contributed by atoms with van der Waals surface area (Å²) in [5.74, 6) is 0.0789. The van der Waals surface area contributed by atoms with E-state index in [0.717, 1.165) is 18.7 Å². The lowest BCUT2D eigenvalue weighted by Crippen LogP contribution is -2.48. The Labute approximate surface area is 108 Å². The summed E-state index contributed by atoms with van der Waals surface area (Å²) in [4.78, 5) is 14.3. The predicted molar refractivity (Wildman–Crippen MR) is 69.4 cm³/mol. The van der Waals surface area contributed by atoms with E-state index in [1.54, 1.807) is 0 Å². The summed E-state index contributed by atoms with van der Waals surface area (Å²) in [6.07, 6.45) is 2.94. The number of aryl methyl sites for hydroxylation is 1. The van der Waals surface area contributed by atoms with Gasteiger partial charge >= 0.3 is 0 Å². The summed E-state index contributed by atoms with van der Waals surface area (Å²) in [6, 6.07) is 3.80. The van der Waals surface area contributed by atoms with Gasteiger partial charge in [0.2, 0.25) is 0 Å². The summed E-state index contributed by atoms with van der Waals surface area (Å²) < 4.78 is 7.49. The highest BCUT2D eigenvalue weighted by molar-refractivity contribution is 5.92. The third kappa shape index (κ3) is 2.73. The van der Waals surface area contributed by atoms with E-state index >= 15 is 0 Å². The average molecular weight is 251 g/mol. The van der Waals surface area contributed by atoms with Crippen LogP contribution in [-0.2, 0) is 11.3 Å². The monoisotopic (exact) mass is 251 g/mol. The minimum absolute atomic E-state index is 0.0303. The summed E-state index contributed by atoms with van der Waals surface area (Å²) in [6.45, 7) is 5.24. The number of amides is 1. The SMILES string of the molecule is CCCn1cccc1C(=O)N1CCOC(CN)C1. The molecule has 1 amide bonds. The second kappa shape index (κ2) is 6.02. The summed E-state index contributed by atoms with van der Waals surface area (Å²) >= 11 is 0. The molecule has 5 nitrogen and oxygen atoms in total. The summed E-state index contributed by atoms with van der Waals surface area (Å²) in [5.41, 5.74) is 6.35. The van der Waals surface area contributed by atoms with Gasteiger partial charge in [-0.05, 0) is 18.6 Å². The molecule has 2 heterocycles. The summed E-state index contributed by atoms with van der Waals surface area (Å²) in [5, 5.41) is 0. The molecule has 0 bridgehead atoms. The van der Waals surface area contributed by atoms with E-state index in [4.69, 9.17) is 10.5 Å². The topological polar surface area (TPSA) is 60.5 Å². The van der Waals surface area contributed by atoms with Crippen molar-refractivity contribution in [3.63, 3.8) is 0 Å². The molecular weight excluding hydrogens is 230 g/mol. The maximum absolute atomic E-state index is 12.4. The zero-order valence-corrected chi connectivity index (χ0v) is 10.8. The quantitative estimate of drug-likeness (QED) is 0.857. The Morgan fingerprint density at radius 3 is 3.17 bits per heavy atom. The third-order valence-corrected chi connectivity index (χ3v) is 3.20. The first kappa shape index (κ1) is 13.1. The summed E-state index contributed by atoms with van der Waals surface area (Å²) in [7, 11) is 0. The van der Waals surface area contributed by atoms with E-state index in [9.17, 15) is 4.79 Å². The maximum atomic E-state index is 12.4. The van der Waals surface area contributed by atoms with E-state index in [1.807, 2.05) is 27.8 Å². The lowest BCUT2D eigenvalue weighted by atomic mass is 10.2. The average Bonchev–Trinajstić information content (AvgIpc) is 2.86. The minimum Gasteiger partial charge on any atom is -0.373 e. The third-order valence-electron chi connectivity index (χ3n) is 3.20. The molecular formula is C13H21N3O2. The molecule has 18 heavy (non-hydrogen) atoms. The van der Waals surface area contributed by atoms with Crippen molar-refractivity contribution in [3.8, 4) is 0 Å². The highest BCUT2D eigenvalue weighted by Gasteiger charge is 2.25. The van der Waals surface area contributed by atoms with Gasteiger partial charge in [0.15, 0.2) is 0 Å². The number of hydrogen-bond donors (Lipinski definition) is 1. The molecule has 0 aromatic carbocycles. The van der Waals surface area contributed by atoms with Gasteiger partial charge in [0.1, 0.15) is 5.69 Å². The maximum Gasteiger partial charge on any atom is 0.270 e. The number of nitrogens with two attached hydrogens (primary N) is 1. The van der Waals surface area contributed by atoms with Crippen LogP contribution in [0.4, 0.5) is 0 Å². The zero-order chi connectivity index (χ0) is 13.0. The zero-order valence-electron chi connectivity index (χ0n) is 10.8. The Bertz CT molecular complexity index is 403. The number of ether oxygens (including phenoxy) is 1. The van der Waals surface area contributed by atoms with E-state index in [-0.39, 0.29) is 12.0 Å². The van der Waals surface area contributed by atoms with E-state index in [2.05, 4.69) is 6.92 Å². The van der Waals surface area contributed by atoms with Gasteiger partial charge in [0.25, 0.3) is 5.91 Å². The standard InChI is InChI=1S/C13H21N3O2/c1-2-5-15-6-3-4-12(15)13(17)16-7-8-18-11(9-14)10-16/h3-4,6,11H,2,5,7-10,14H2,1H3. The number of morpholine rings is 1. The molecule has 1 unspecified atom stereocenters. The molecule has 0 aliphatic carbocycles. The molecule has 2 rings (SSSR count). The Hall–Kier alpha value is -1.33. The number of rotatable bonds is 4. The first-order valence-electron chi connectivity index (χ1n) is 6.52. The molecule has 5 heteroatoms. The van der Waals surface area contributed by atoms with Crippen molar-refractivity contribution in [1.82, 2.24) is 9.47 Å². The van der Waals surface area contributed by atoms with Gasteiger partial charge in [-0.1, -0.05) is 6.92 Å². The predicted octanol–water partition coefficient (Wildman–Crippen LogP) is 0.698. The Morgan fingerprint density at radius 1 is 1.61 bits per heavy atom. The van der Waals surface area contributed by atoms with Crippen molar-refractivity contribution in [2.24, 2.45) is 5.73 Å². The number of hydrogen-bond acceptors (Lipinski definition) is 3. The van der Waals surface area contributed by atoms with Crippen LogP contribution < -0.4 is 5.73 Å². The van der Waals surface area contributed by atoms with Crippen LogP contribution in [0.15, 0.2) is 18.3 Å². The fourth-order valence-electron chi connectivity index (χ4n) is 2.25. The molecule has 0 radical (unpaired) electrons. The fraction of sp³-hybridized carbons (Fsp3) is 0.615. The van der Waals surface area contributed by atoms with Gasteiger partial charge in [-0.2, -0.15) is 0 Å². The van der Waals surface area contributed by atoms with Crippen LogP contribution in [0.5, 0.6) is 0 Å². The molecule has 1 atom stereocenters. The first-order valence-corrected chi connectivity index (χ1v) is 6.52. The molecule has 0 spiro atoms. The van der Waals surface area contributed by atoms with Gasteiger partial charge in [-0.15, -0.1) is 0 Å². The van der Waals surface area contributed by atoms with Crippen molar-refractivity contribution < 1.29 is 9.53 Å². The number of nitrogens with zero attached hydrogens (tertiary/aromatic N) is 2. The highest BCUT2D eigenvalue weighted by Crippen LogP contribution is 2.11. The molecule has 1 aliphatic rings. The Kier molecular flexibility index (Phi) is 4.38. The van der Waals surface area contributed by atoms with Gasteiger partial charge in [0.05, 0.1) is 12.7 Å². The van der Waals surface area contributed by atoms with Crippen LogP contribution in [-0.4, -0.2) is 47.7 Å². The number of carbonyl (C=O) groups excluding carboxylic acids is 1. The second-order valence-corrected chi connectivity index (χ2v) is 4.57. The van der Waals surface area contributed by atoms with E-state index in [1.165, 1.54) is 0 Å². The van der Waals surface area contributed by atoms with Gasteiger partial charge < -0.3 is 19.9 Å². The van der Waals surface area contributed by atoms with Crippen molar-refractivity contribution >= 4 is 5.91 Å². The molecule has 0 saturated carbocycles. The smallest absolute Gasteiger partial charge is 0.270 e. The largest absolute Gasteiger partial charge is 0.373 e. The van der Waals surface area contributed by atoms with Gasteiger partial charge in [0, 0.05) is 32.4 Å². The lowest BCUT2D eigenvalue weighted by molar-refractivity contribution is -0.0171. The first-order chi connectivity index (χ1) is 8.76. The Balaban J connectivity index is 2.08. The molecule has 2 N–H and O–H groups in total. The molecule has 1 aliphatic heterocycles. The van der Waals surface area contributed by atoms with Crippen LogP contribution in [0.3, 0.4) is 0 Å². The van der Waals surface area contributed by atoms with Crippen LogP contribution >= 0.6 is 0 Å². The van der Waals surface area contributed by atoms with Crippen LogP contribution in [0.25, 0.3) is 0 Å². The lowest BCUT2D eigenvalue weighted by Gasteiger charge is -2.32. The van der Waals surface area contributed by atoms with Crippen LogP contribution in [0, 0.1) is 0 Å². The van der Waals surface area contributed by atoms with Crippen molar-refractivity contribution in [3.05, 3.63) is 24.0 Å². The molecule has 1 aromatic rings. The molecule has 1 fully saturated rings. The molecule has 1 saturated heterocycles. The van der Waals surface area contributed by atoms with Crippen molar-refractivity contribution in [1.29, 1.82) is 0 Å². The van der Waals surface area contributed by atoms with Crippen molar-refractivity contribution in [2.45, 2.75) is 26.0 Å². The molecule has 1 aromatic heterocycles. The normalized spacial score (nSPS) is 20.1. The van der Waals surface area contributed by atoms with E-state index in [0.29, 0.717) is 26.2 Å². The number of carbonyl (C=O) groups is 1. The minimum atomic E-state index is -0.0303. The highest BCUT2D eigenvalue weighted by atomic mass is 16.5. The Morgan fingerprint density at radius 2 is 2.44 bits per heavy atom. The van der Waals surface area contributed by atoms with Gasteiger partial charge in [-0.25, -0.2) is 0 Å². The number of aromatic nitrogens is 1.